The van der Waals surface area contributed by atoms with Crippen LogP contribution in [0.1, 0.15) is 10.5 Å². The van der Waals surface area contributed by atoms with Gasteiger partial charge in [0, 0.05) is 11.3 Å². The molecule has 104 valence electrons. The van der Waals surface area contributed by atoms with Crippen molar-refractivity contribution in [2.75, 3.05) is 0 Å². The Balaban J connectivity index is 1.87. The van der Waals surface area contributed by atoms with Gasteiger partial charge in [-0.1, -0.05) is 30.3 Å². The highest BCUT2D eigenvalue weighted by Gasteiger charge is 2.08. The van der Waals surface area contributed by atoms with E-state index < -0.39 is 5.97 Å². The van der Waals surface area contributed by atoms with E-state index in [2.05, 4.69) is 4.98 Å². The molecular formula is C17H13NO3. The molecular weight excluding hydrogens is 266 g/mol. The fourth-order valence-electron chi connectivity index (χ4n) is 2.04. The van der Waals surface area contributed by atoms with Crippen molar-refractivity contribution in [2.45, 2.75) is 0 Å². The molecule has 0 fully saturated rings. The van der Waals surface area contributed by atoms with Crippen molar-refractivity contribution >= 4 is 5.97 Å². The Bertz CT molecular complexity index is 762. The molecule has 0 aliphatic heterocycles. The summed E-state index contributed by atoms with van der Waals surface area (Å²) in [5, 5.41) is 8.94. The molecule has 0 unspecified atom stereocenters. The summed E-state index contributed by atoms with van der Waals surface area (Å²) in [6.45, 7) is 0. The average Bonchev–Trinajstić information content (AvgIpc) is 2.99. The Kier molecular flexibility index (Phi) is 3.43. The second kappa shape index (κ2) is 5.54. The van der Waals surface area contributed by atoms with Crippen LogP contribution in [0.15, 0.2) is 66.7 Å². The number of aromatic amines is 1. The van der Waals surface area contributed by atoms with Gasteiger partial charge >= 0.3 is 5.97 Å². The first-order valence-corrected chi connectivity index (χ1v) is 6.48. The molecule has 1 aromatic heterocycles. The lowest BCUT2D eigenvalue weighted by atomic mass is 10.1. The number of ether oxygens (including phenoxy) is 1. The summed E-state index contributed by atoms with van der Waals surface area (Å²) >= 11 is 0. The first kappa shape index (κ1) is 13.0. The van der Waals surface area contributed by atoms with Gasteiger partial charge in [0.1, 0.15) is 17.2 Å². The standard InChI is InChI=1S/C17H13NO3/c19-17(20)16-10-9-15(18-16)12-5-4-8-14(11-12)21-13-6-2-1-3-7-13/h1-11,18H,(H,19,20). The van der Waals surface area contributed by atoms with Gasteiger partial charge in [-0.3, -0.25) is 0 Å². The molecule has 21 heavy (non-hydrogen) atoms. The van der Waals surface area contributed by atoms with Gasteiger partial charge in [-0.05, 0) is 36.4 Å². The Hall–Kier alpha value is -3.01. The SMILES string of the molecule is O=C(O)c1ccc(-c2cccc(Oc3ccccc3)c2)[nH]1. The molecule has 0 bridgehead atoms. The maximum Gasteiger partial charge on any atom is 0.352 e. The third kappa shape index (κ3) is 2.95. The van der Waals surface area contributed by atoms with Crippen LogP contribution in [-0.2, 0) is 0 Å². The van der Waals surface area contributed by atoms with E-state index in [1.165, 1.54) is 0 Å². The van der Waals surface area contributed by atoms with Crippen molar-refractivity contribution in [1.29, 1.82) is 0 Å². The summed E-state index contributed by atoms with van der Waals surface area (Å²) in [6.07, 6.45) is 0. The fourth-order valence-corrected chi connectivity index (χ4v) is 2.04. The number of aromatic carboxylic acids is 1. The van der Waals surface area contributed by atoms with Crippen LogP contribution in [0.4, 0.5) is 0 Å². The van der Waals surface area contributed by atoms with E-state index in [0.717, 1.165) is 17.0 Å². The summed E-state index contributed by atoms with van der Waals surface area (Å²) in [6, 6.07) is 20.3. The molecule has 0 aliphatic carbocycles. The molecule has 3 rings (SSSR count). The Morgan fingerprint density at radius 3 is 2.38 bits per heavy atom. The van der Waals surface area contributed by atoms with Gasteiger partial charge in [-0.15, -0.1) is 0 Å². The fraction of sp³-hybridized carbons (Fsp3) is 0. The van der Waals surface area contributed by atoms with Crippen LogP contribution in [0.2, 0.25) is 0 Å². The first-order valence-electron chi connectivity index (χ1n) is 6.48. The number of nitrogens with one attached hydrogen (secondary N) is 1. The quantitative estimate of drug-likeness (QED) is 0.753. The molecule has 0 atom stereocenters. The monoisotopic (exact) mass is 279 g/mol. The van der Waals surface area contributed by atoms with E-state index in [1.54, 1.807) is 12.1 Å². The van der Waals surface area contributed by atoms with Crippen LogP contribution in [0, 0.1) is 0 Å². The normalized spacial score (nSPS) is 10.3. The number of carbonyl (C=O) groups is 1. The van der Waals surface area contributed by atoms with Gasteiger partial charge in [-0.25, -0.2) is 4.79 Å². The number of para-hydroxylation sites is 1. The van der Waals surface area contributed by atoms with E-state index >= 15 is 0 Å². The summed E-state index contributed by atoms with van der Waals surface area (Å²) < 4.78 is 5.76. The molecule has 0 amide bonds. The van der Waals surface area contributed by atoms with E-state index in [0.29, 0.717) is 5.75 Å². The Morgan fingerprint density at radius 2 is 1.67 bits per heavy atom. The highest BCUT2D eigenvalue weighted by atomic mass is 16.5. The zero-order valence-corrected chi connectivity index (χ0v) is 11.1. The van der Waals surface area contributed by atoms with Gasteiger partial charge in [0.2, 0.25) is 0 Å². The molecule has 2 aromatic carbocycles. The van der Waals surface area contributed by atoms with Crippen molar-refractivity contribution in [1.82, 2.24) is 4.98 Å². The number of hydrogen-bond acceptors (Lipinski definition) is 2. The number of benzene rings is 2. The second-order valence-electron chi connectivity index (χ2n) is 4.53. The number of aromatic nitrogens is 1. The van der Waals surface area contributed by atoms with Gasteiger partial charge in [0.25, 0.3) is 0 Å². The number of carboxylic acids is 1. The topological polar surface area (TPSA) is 62.3 Å². The third-order valence-electron chi connectivity index (χ3n) is 3.04. The lowest BCUT2D eigenvalue weighted by molar-refractivity contribution is 0.0691. The first-order chi connectivity index (χ1) is 10.2. The molecule has 4 nitrogen and oxygen atoms in total. The van der Waals surface area contributed by atoms with Crippen molar-refractivity contribution in [3.63, 3.8) is 0 Å². The van der Waals surface area contributed by atoms with E-state index in [9.17, 15) is 4.79 Å². The van der Waals surface area contributed by atoms with E-state index in [4.69, 9.17) is 9.84 Å². The second-order valence-corrected chi connectivity index (χ2v) is 4.53. The molecule has 0 aliphatic rings. The number of carboxylic acid groups (broad SMARTS) is 1. The molecule has 2 N–H and O–H groups in total. The van der Waals surface area contributed by atoms with Crippen LogP contribution in [0.3, 0.4) is 0 Å². The minimum atomic E-state index is -0.974. The number of H-pyrrole nitrogens is 1. The predicted molar refractivity (Wildman–Crippen MR) is 79.7 cm³/mol. The highest BCUT2D eigenvalue weighted by Crippen LogP contribution is 2.26. The third-order valence-corrected chi connectivity index (χ3v) is 3.04. The minimum absolute atomic E-state index is 0.166. The van der Waals surface area contributed by atoms with Crippen molar-refractivity contribution in [2.24, 2.45) is 0 Å². The molecule has 3 aromatic rings. The molecule has 1 heterocycles. The van der Waals surface area contributed by atoms with Crippen molar-refractivity contribution < 1.29 is 14.6 Å². The maximum absolute atomic E-state index is 10.9. The maximum atomic E-state index is 10.9. The van der Waals surface area contributed by atoms with Gasteiger partial charge in [0.15, 0.2) is 0 Å². The molecule has 4 heteroatoms. The average molecular weight is 279 g/mol. The smallest absolute Gasteiger partial charge is 0.352 e. The van der Waals surface area contributed by atoms with Crippen molar-refractivity contribution in [3.05, 3.63) is 72.4 Å². The summed E-state index contributed by atoms with van der Waals surface area (Å²) in [7, 11) is 0. The summed E-state index contributed by atoms with van der Waals surface area (Å²) in [5.74, 6) is 0.482. The minimum Gasteiger partial charge on any atom is -0.477 e. The number of hydrogen-bond donors (Lipinski definition) is 2. The van der Waals surface area contributed by atoms with Crippen LogP contribution in [0.5, 0.6) is 11.5 Å². The van der Waals surface area contributed by atoms with Crippen LogP contribution in [-0.4, -0.2) is 16.1 Å². The largest absolute Gasteiger partial charge is 0.477 e. The molecule has 0 spiro atoms. The van der Waals surface area contributed by atoms with Crippen molar-refractivity contribution in [3.8, 4) is 22.8 Å². The zero-order valence-electron chi connectivity index (χ0n) is 11.1. The predicted octanol–water partition coefficient (Wildman–Crippen LogP) is 4.17. The number of rotatable bonds is 4. The lowest BCUT2D eigenvalue weighted by Gasteiger charge is -2.07. The Labute approximate surface area is 121 Å². The molecule has 0 radical (unpaired) electrons. The molecule has 0 saturated carbocycles. The van der Waals surface area contributed by atoms with E-state index in [-0.39, 0.29) is 5.69 Å². The van der Waals surface area contributed by atoms with Crippen LogP contribution in [0.25, 0.3) is 11.3 Å². The molecule has 0 saturated heterocycles. The zero-order chi connectivity index (χ0) is 14.7. The van der Waals surface area contributed by atoms with Gasteiger partial charge < -0.3 is 14.8 Å². The highest BCUT2D eigenvalue weighted by molar-refractivity contribution is 5.86. The summed E-state index contributed by atoms with van der Waals surface area (Å²) in [5.41, 5.74) is 1.78. The van der Waals surface area contributed by atoms with Gasteiger partial charge in [0.05, 0.1) is 0 Å². The summed E-state index contributed by atoms with van der Waals surface area (Å²) in [4.78, 5) is 13.8. The Morgan fingerprint density at radius 1 is 0.905 bits per heavy atom. The van der Waals surface area contributed by atoms with E-state index in [1.807, 2.05) is 54.6 Å². The van der Waals surface area contributed by atoms with Crippen LogP contribution < -0.4 is 4.74 Å². The lowest BCUT2D eigenvalue weighted by Crippen LogP contribution is -1.95. The van der Waals surface area contributed by atoms with Crippen LogP contribution >= 0.6 is 0 Å². The van der Waals surface area contributed by atoms with Gasteiger partial charge in [-0.2, -0.15) is 0 Å².